The van der Waals surface area contributed by atoms with E-state index in [2.05, 4.69) is 20.3 Å². The van der Waals surface area contributed by atoms with Crippen molar-refractivity contribution < 1.29 is 0 Å². The number of hydrogen-bond donors (Lipinski definition) is 3. The lowest BCUT2D eigenvalue weighted by Gasteiger charge is -2.17. The standard InChI is InChI=1S/C20H18ClN9/c1-2-15(26-19-14(9-22)18(23)27-20(24)28-19)17-13-6-5-11(21)8-16(13)30(29-17)12-4-3-7-25-10-12/h3-8,10,15H,2H2,1H3,(H5,23,24,26,27,28)/t15-/m0/s1. The molecule has 4 rings (SSSR count). The summed E-state index contributed by atoms with van der Waals surface area (Å²) in [6.07, 6.45) is 4.09. The Morgan fingerprint density at radius 1 is 1.27 bits per heavy atom. The highest BCUT2D eigenvalue weighted by Gasteiger charge is 2.22. The monoisotopic (exact) mass is 419 g/mol. The largest absolute Gasteiger partial charge is 0.382 e. The van der Waals surface area contributed by atoms with Crippen LogP contribution in [0.1, 0.15) is 30.6 Å². The quantitative estimate of drug-likeness (QED) is 0.446. The zero-order valence-electron chi connectivity index (χ0n) is 16.0. The van der Waals surface area contributed by atoms with Gasteiger partial charge in [-0.05, 0) is 36.8 Å². The van der Waals surface area contributed by atoms with Gasteiger partial charge in [-0.1, -0.05) is 18.5 Å². The fraction of sp³-hybridized carbons (Fsp3) is 0.150. The molecule has 0 amide bonds. The predicted molar refractivity (Wildman–Crippen MR) is 116 cm³/mol. The highest BCUT2D eigenvalue weighted by molar-refractivity contribution is 6.31. The third-order valence-corrected chi connectivity index (χ3v) is 4.91. The summed E-state index contributed by atoms with van der Waals surface area (Å²) in [4.78, 5) is 12.2. The Morgan fingerprint density at radius 2 is 2.10 bits per heavy atom. The normalized spacial score (nSPS) is 11.9. The SMILES string of the molecule is CC[C@H](Nc1nc(N)nc(N)c1C#N)c1nn(-c2cccnc2)c2cc(Cl)ccc12. The molecule has 0 saturated heterocycles. The Kier molecular flexibility index (Phi) is 5.08. The maximum atomic E-state index is 9.47. The lowest BCUT2D eigenvalue weighted by Crippen LogP contribution is -2.15. The number of halogens is 1. The van der Waals surface area contributed by atoms with Crippen LogP contribution in [0.25, 0.3) is 16.6 Å². The number of hydrogen-bond acceptors (Lipinski definition) is 8. The minimum absolute atomic E-state index is 0.0126. The molecule has 0 unspecified atom stereocenters. The summed E-state index contributed by atoms with van der Waals surface area (Å²) in [6.45, 7) is 2.00. The molecule has 0 radical (unpaired) electrons. The first kappa shape index (κ1) is 19.4. The Hall–Kier alpha value is -3.90. The number of benzene rings is 1. The van der Waals surface area contributed by atoms with Gasteiger partial charge in [0.15, 0.2) is 5.82 Å². The summed E-state index contributed by atoms with van der Waals surface area (Å²) in [5.74, 6) is 0.286. The molecule has 0 spiro atoms. The van der Waals surface area contributed by atoms with Crippen LogP contribution in [-0.4, -0.2) is 24.7 Å². The molecule has 1 atom stereocenters. The summed E-state index contributed by atoms with van der Waals surface area (Å²) >= 11 is 6.25. The van der Waals surface area contributed by atoms with E-state index in [0.29, 0.717) is 11.4 Å². The molecule has 0 bridgehead atoms. The molecular weight excluding hydrogens is 402 g/mol. The van der Waals surface area contributed by atoms with Crippen molar-refractivity contribution in [3.8, 4) is 11.8 Å². The lowest BCUT2D eigenvalue weighted by molar-refractivity contribution is 0.703. The Balaban J connectivity index is 1.85. The smallest absolute Gasteiger partial charge is 0.224 e. The molecule has 150 valence electrons. The van der Waals surface area contributed by atoms with Crippen LogP contribution in [0.15, 0.2) is 42.7 Å². The van der Waals surface area contributed by atoms with Crippen molar-refractivity contribution >= 4 is 40.1 Å². The molecule has 1 aromatic carbocycles. The summed E-state index contributed by atoms with van der Waals surface area (Å²) < 4.78 is 1.79. The zero-order valence-corrected chi connectivity index (χ0v) is 16.8. The van der Waals surface area contributed by atoms with Gasteiger partial charge in [0.1, 0.15) is 17.5 Å². The van der Waals surface area contributed by atoms with Gasteiger partial charge in [-0.15, -0.1) is 0 Å². The number of rotatable bonds is 5. The number of nitrogens with two attached hydrogens (primary N) is 2. The number of aromatic nitrogens is 5. The van der Waals surface area contributed by atoms with Gasteiger partial charge in [-0.25, -0.2) is 4.68 Å². The van der Waals surface area contributed by atoms with Gasteiger partial charge in [-0.2, -0.15) is 20.3 Å². The van der Waals surface area contributed by atoms with E-state index < -0.39 is 0 Å². The molecule has 0 saturated carbocycles. The molecular formula is C20H18ClN9. The lowest BCUT2D eigenvalue weighted by atomic mass is 10.1. The first-order valence-electron chi connectivity index (χ1n) is 9.20. The zero-order chi connectivity index (χ0) is 21.3. The first-order chi connectivity index (χ1) is 14.5. The maximum Gasteiger partial charge on any atom is 0.224 e. The van der Waals surface area contributed by atoms with Crippen molar-refractivity contribution in [3.63, 3.8) is 0 Å². The van der Waals surface area contributed by atoms with E-state index in [4.69, 9.17) is 28.2 Å². The molecule has 3 heterocycles. The second-order valence-corrected chi connectivity index (χ2v) is 7.01. The van der Waals surface area contributed by atoms with E-state index >= 15 is 0 Å². The highest BCUT2D eigenvalue weighted by Crippen LogP contribution is 2.32. The van der Waals surface area contributed by atoms with Crippen molar-refractivity contribution in [1.29, 1.82) is 5.26 Å². The third kappa shape index (κ3) is 3.44. The molecule has 0 aliphatic heterocycles. The van der Waals surface area contributed by atoms with E-state index in [1.54, 1.807) is 17.1 Å². The predicted octanol–water partition coefficient (Wildman–Crippen LogP) is 3.46. The van der Waals surface area contributed by atoms with E-state index in [9.17, 15) is 5.26 Å². The highest BCUT2D eigenvalue weighted by atomic mass is 35.5. The van der Waals surface area contributed by atoms with Gasteiger partial charge in [0, 0.05) is 16.6 Å². The summed E-state index contributed by atoms with van der Waals surface area (Å²) in [5, 5.41) is 19.1. The number of anilines is 3. The Morgan fingerprint density at radius 3 is 2.80 bits per heavy atom. The Labute approximate surface area is 177 Å². The van der Waals surface area contributed by atoms with Crippen molar-refractivity contribution in [2.75, 3.05) is 16.8 Å². The van der Waals surface area contributed by atoms with Crippen molar-refractivity contribution in [2.45, 2.75) is 19.4 Å². The number of nitrogens with one attached hydrogen (secondary N) is 1. The molecule has 30 heavy (non-hydrogen) atoms. The van der Waals surface area contributed by atoms with Crippen molar-refractivity contribution in [3.05, 3.63) is 59.0 Å². The first-order valence-corrected chi connectivity index (χ1v) is 9.57. The van der Waals surface area contributed by atoms with Gasteiger partial charge in [0.25, 0.3) is 0 Å². The third-order valence-electron chi connectivity index (χ3n) is 4.68. The van der Waals surface area contributed by atoms with E-state index in [1.165, 1.54) is 0 Å². The van der Waals surface area contributed by atoms with E-state index in [0.717, 1.165) is 22.3 Å². The topological polar surface area (TPSA) is 144 Å². The average molecular weight is 420 g/mol. The summed E-state index contributed by atoms with van der Waals surface area (Å²) in [7, 11) is 0. The maximum absolute atomic E-state index is 9.47. The molecule has 4 aromatic rings. The van der Waals surface area contributed by atoms with Gasteiger partial charge >= 0.3 is 0 Å². The minimum Gasteiger partial charge on any atom is -0.382 e. The van der Waals surface area contributed by atoms with Crippen LogP contribution in [0.5, 0.6) is 0 Å². The second-order valence-electron chi connectivity index (χ2n) is 6.58. The summed E-state index contributed by atoms with van der Waals surface area (Å²) in [5.41, 5.74) is 14.1. The number of nitrogen functional groups attached to an aromatic ring is 2. The molecule has 3 aromatic heterocycles. The molecule has 10 heteroatoms. The van der Waals surface area contributed by atoms with E-state index in [-0.39, 0.29) is 29.2 Å². The molecule has 0 aliphatic rings. The second kappa shape index (κ2) is 7.85. The average Bonchev–Trinajstić information content (AvgIpc) is 3.10. The van der Waals surface area contributed by atoms with Gasteiger partial charge in [-0.3, -0.25) is 4.98 Å². The number of fused-ring (bicyclic) bond motifs is 1. The fourth-order valence-corrected chi connectivity index (χ4v) is 3.45. The number of nitriles is 1. The van der Waals surface area contributed by atoms with Gasteiger partial charge in [0.2, 0.25) is 5.95 Å². The van der Waals surface area contributed by atoms with E-state index in [1.807, 2.05) is 43.3 Å². The van der Waals surface area contributed by atoms with Crippen LogP contribution in [0, 0.1) is 11.3 Å². The van der Waals surface area contributed by atoms with Crippen LogP contribution in [0.3, 0.4) is 0 Å². The van der Waals surface area contributed by atoms with Crippen LogP contribution in [0.2, 0.25) is 5.02 Å². The van der Waals surface area contributed by atoms with Gasteiger partial charge < -0.3 is 16.8 Å². The van der Waals surface area contributed by atoms with Crippen molar-refractivity contribution in [1.82, 2.24) is 24.7 Å². The number of pyridine rings is 1. The molecule has 0 fully saturated rings. The van der Waals surface area contributed by atoms with Crippen molar-refractivity contribution in [2.24, 2.45) is 0 Å². The van der Waals surface area contributed by atoms with Crippen LogP contribution in [0.4, 0.5) is 17.6 Å². The molecule has 0 aliphatic carbocycles. The molecule has 9 nitrogen and oxygen atoms in total. The minimum atomic E-state index is -0.271. The van der Waals surface area contributed by atoms with Crippen LogP contribution >= 0.6 is 11.6 Å². The number of nitrogens with zero attached hydrogens (tertiary/aromatic N) is 6. The Bertz CT molecular complexity index is 1260. The van der Waals surface area contributed by atoms with Gasteiger partial charge in [0.05, 0.1) is 29.1 Å². The van der Waals surface area contributed by atoms with Crippen LogP contribution in [-0.2, 0) is 0 Å². The fourth-order valence-electron chi connectivity index (χ4n) is 3.28. The molecule has 5 N–H and O–H groups in total. The van der Waals surface area contributed by atoms with Crippen LogP contribution < -0.4 is 16.8 Å². The summed E-state index contributed by atoms with van der Waals surface area (Å²) in [6, 6.07) is 11.1.